The van der Waals surface area contributed by atoms with E-state index in [-0.39, 0.29) is 0 Å². The highest BCUT2D eigenvalue weighted by molar-refractivity contribution is 4.83. The summed E-state index contributed by atoms with van der Waals surface area (Å²) in [6, 6.07) is 0.728. The van der Waals surface area contributed by atoms with E-state index in [1.165, 1.54) is 51.7 Å². The third kappa shape index (κ3) is 4.84. The van der Waals surface area contributed by atoms with Crippen molar-refractivity contribution < 1.29 is 0 Å². The molecule has 16 heavy (non-hydrogen) atoms. The molecule has 1 rings (SSSR count). The first-order chi connectivity index (χ1) is 7.57. The Morgan fingerprint density at radius 3 is 2.62 bits per heavy atom. The van der Waals surface area contributed by atoms with Crippen molar-refractivity contribution in [3.05, 3.63) is 0 Å². The molecule has 2 nitrogen and oxygen atoms in total. The summed E-state index contributed by atoms with van der Waals surface area (Å²) in [6.07, 6.45) is 6.82. The fourth-order valence-corrected chi connectivity index (χ4v) is 2.75. The van der Waals surface area contributed by atoms with Gasteiger partial charge in [0.2, 0.25) is 0 Å². The number of likely N-dealkylation sites (N-methyl/N-ethyl adjacent to an activating group) is 1. The van der Waals surface area contributed by atoms with Crippen molar-refractivity contribution in [1.29, 1.82) is 0 Å². The minimum absolute atomic E-state index is 0.498. The Kier molecular flexibility index (Phi) is 5.77. The lowest BCUT2D eigenvalue weighted by Gasteiger charge is -2.30. The van der Waals surface area contributed by atoms with Gasteiger partial charge >= 0.3 is 0 Å². The van der Waals surface area contributed by atoms with Gasteiger partial charge in [-0.2, -0.15) is 0 Å². The molecule has 2 heteroatoms. The average Bonchev–Trinajstić information content (AvgIpc) is 2.65. The Morgan fingerprint density at radius 2 is 2.06 bits per heavy atom. The minimum Gasteiger partial charge on any atom is -0.316 e. The number of nitrogens with zero attached hydrogens (tertiary/aromatic N) is 1. The molecule has 1 aliphatic heterocycles. The van der Waals surface area contributed by atoms with Crippen LogP contribution < -0.4 is 5.32 Å². The molecule has 1 aliphatic rings. The SMILES string of the molecule is CCCCCC(C)(C)CN1CCC(NC)C1. The normalized spacial score (nSPS) is 22.9. The van der Waals surface area contributed by atoms with E-state index in [9.17, 15) is 0 Å². The van der Waals surface area contributed by atoms with E-state index in [0.717, 1.165) is 6.04 Å². The Balaban J connectivity index is 2.24. The van der Waals surface area contributed by atoms with Crippen molar-refractivity contribution in [2.45, 2.75) is 58.9 Å². The predicted octanol–water partition coefficient (Wildman–Crippen LogP) is 2.89. The van der Waals surface area contributed by atoms with Crippen LogP contribution in [0.25, 0.3) is 0 Å². The molecule has 0 aromatic rings. The van der Waals surface area contributed by atoms with E-state index in [1.54, 1.807) is 0 Å². The molecule has 96 valence electrons. The number of nitrogens with one attached hydrogen (secondary N) is 1. The monoisotopic (exact) mass is 226 g/mol. The minimum atomic E-state index is 0.498. The second kappa shape index (κ2) is 6.61. The zero-order valence-electron chi connectivity index (χ0n) is 11.7. The number of likely N-dealkylation sites (tertiary alicyclic amines) is 1. The van der Waals surface area contributed by atoms with Gasteiger partial charge in [0.1, 0.15) is 0 Å². The molecule has 0 spiro atoms. The largest absolute Gasteiger partial charge is 0.316 e. The Hall–Kier alpha value is -0.0800. The lowest BCUT2D eigenvalue weighted by Crippen LogP contribution is -2.35. The van der Waals surface area contributed by atoms with Gasteiger partial charge in [-0.05, 0) is 31.8 Å². The van der Waals surface area contributed by atoms with Gasteiger partial charge in [0.25, 0.3) is 0 Å². The van der Waals surface area contributed by atoms with E-state index in [0.29, 0.717) is 5.41 Å². The highest BCUT2D eigenvalue weighted by Crippen LogP contribution is 2.26. The Labute approximate surface area is 102 Å². The zero-order valence-corrected chi connectivity index (χ0v) is 11.7. The lowest BCUT2D eigenvalue weighted by atomic mass is 9.86. The van der Waals surface area contributed by atoms with Crippen molar-refractivity contribution >= 4 is 0 Å². The molecule has 1 unspecified atom stereocenters. The number of hydrogen-bond acceptors (Lipinski definition) is 2. The molecule has 1 saturated heterocycles. The summed E-state index contributed by atoms with van der Waals surface area (Å²) in [7, 11) is 2.08. The van der Waals surface area contributed by atoms with E-state index >= 15 is 0 Å². The molecule has 0 aromatic carbocycles. The second-order valence-electron chi connectivity index (χ2n) is 6.13. The van der Waals surface area contributed by atoms with Gasteiger partial charge in [0.15, 0.2) is 0 Å². The highest BCUT2D eigenvalue weighted by atomic mass is 15.2. The van der Waals surface area contributed by atoms with Gasteiger partial charge in [-0.1, -0.05) is 40.0 Å². The van der Waals surface area contributed by atoms with Crippen molar-refractivity contribution in [2.75, 3.05) is 26.7 Å². The van der Waals surface area contributed by atoms with Gasteiger partial charge in [0.05, 0.1) is 0 Å². The van der Waals surface area contributed by atoms with Gasteiger partial charge in [0, 0.05) is 19.1 Å². The summed E-state index contributed by atoms with van der Waals surface area (Å²) in [4.78, 5) is 2.63. The fraction of sp³-hybridized carbons (Fsp3) is 1.00. The van der Waals surface area contributed by atoms with Crippen LogP contribution in [-0.4, -0.2) is 37.6 Å². The van der Waals surface area contributed by atoms with Crippen molar-refractivity contribution in [3.8, 4) is 0 Å². The number of hydrogen-bond donors (Lipinski definition) is 1. The van der Waals surface area contributed by atoms with Crippen LogP contribution in [0.2, 0.25) is 0 Å². The first kappa shape index (κ1) is 14.0. The third-order valence-corrected chi connectivity index (χ3v) is 3.79. The maximum absolute atomic E-state index is 3.39. The van der Waals surface area contributed by atoms with Gasteiger partial charge in [-0.3, -0.25) is 0 Å². The van der Waals surface area contributed by atoms with Crippen LogP contribution in [0, 0.1) is 5.41 Å². The van der Waals surface area contributed by atoms with Crippen LogP contribution >= 0.6 is 0 Å². The molecule has 0 aromatic heterocycles. The average molecular weight is 226 g/mol. The topological polar surface area (TPSA) is 15.3 Å². The summed E-state index contributed by atoms with van der Waals surface area (Å²) in [5, 5.41) is 3.39. The van der Waals surface area contributed by atoms with Crippen LogP contribution in [0.15, 0.2) is 0 Å². The van der Waals surface area contributed by atoms with Gasteiger partial charge in [-0.25, -0.2) is 0 Å². The van der Waals surface area contributed by atoms with Crippen LogP contribution in [0.3, 0.4) is 0 Å². The van der Waals surface area contributed by atoms with Crippen LogP contribution in [0.4, 0.5) is 0 Å². The summed E-state index contributed by atoms with van der Waals surface area (Å²) >= 11 is 0. The molecule has 0 amide bonds. The first-order valence-electron chi connectivity index (χ1n) is 6.97. The molecular formula is C14H30N2. The zero-order chi connectivity index (χ0) is 12.0. The Morgan fingerprint density at radius 1 is 1.31 bits per heavy atom. The molecule has 1 fully saturated rings. The molecule has 1 atom stereocenters. The molecule has 0 bridgehead atoms. The van der Waals surface area contributed by atoms with Gasteiger partial charge in [-0.15, -0.1) is 0 Å². The molecule has 0 aliphatic carbocycles. The molecule has 1 heterocycles. The van der Waals surface area contributed by atoms with Crippen LogP contribution in [0.1, 0.15) is 52.9 Å². The quantitative estimate of drug-likeness (QED) is 0.672. The van der Waals surface area contributed by atoms with Gasteiger partial charge < -0.3 is 10.2 Å². The molecule has 0 radical (unpaired) electrons. The van der Waals surface area contributed by atoms with Crippen LogP contribution in [0.5, 0.6) is 0 Å². The fourth-order valence-electron chi connectivity index (χ4n) is 2.75. The lowest BCUT2D eigenvalue weighted by molar-refractivity contribution is 0.190. The smallest absolute Gasteiger partial charge is 0.0204 e. The van der Waals surface area contributed by atoms with Crippen molar-refractivity contribution in [3.63, 3.8) is 0 Å². The third-order valence-electron chi connectivity index (χ3n) is 3.79. The summed E-state index contributed by atoms with van der Waals surface area (Å²) in [5.41, 5.74) is 0.498. The second-order valence-corrected chi connectivity index (χ2v) is 6.13. The summed E-state index contributed by atoms with van der Waals surface area (Å²) in [6.45, 7) is 10.9. The number of rotatable bonds is 7. The highest BCUT2D eigenvalue weighted by Gasteiger charge is 2.26. The molecule has 0 saturated carbocycles. The maximum atomic E-state index is 3.39. The maximum Gasteiger partial charge on any atom is 0.0204 e. The molecule has 1 N–H and O–H groups in total. The van der Waals surface area contributed by atoms with E-state index in [2.05, 4.69) is 38.0 Å². The summed E-state index contributed by atoms with van der Waals surface area (Å²) < 4.78 is 0. The van der Waals surface area contributed by atoms with E-state index < -0.39 is 0 Å². The van der Waals surface area contributed by atoms with Crippen LogP contribution in [-0.2, 0) is 0 Å². The molecular weight excluding hydrogens is 196 g/mol. The van der Waals surface area contributed by atoms with Crippen molar-refractivity contribution in [1.82, 2.24) is 10.2 Å². The van der Waals surface area contributed by atoms with E-state index in [4.69, 9.17) is 0 Å². The Bertz CT molecular complexity index is 189. The summed E-state index contributed by atoms with van der Waals surface area (Å²) in [5.74, 6) is 0. The first-order valence-corrected chi connectivity index (χ1v) is 6.97. The standard InChI is InChI=1S/C14H30N2/c1-5-6-7-9-14(2,3)12-16-10-8-13(11-16)15-4/h13,15H,5-12H2,1-4H3. The van der Waals surface area contributed by atoms with Crippen molar-refractivity contribution in [2.24, 2.45) is 5.41 Å². The van der Waals surface area contributed by atoms with E-state index in [1.807, 2.05) is 0 Å². The number of unbranched alkanes of at least 4 members (excludes halogenated alkanes) is 2. The predicted molar refractivity (Wildman–Crippen MR) is 71.8 cm³/mol.